The molecule has 0 aliphatic carbocycles. The smallest absolute Gasteiger partial charge is 0.243 e. The van der Waals surface area contributed by atoms with Gasteiger partial charge in [0.05, 0.1) is 10.9 Å². The van der Waals surface area contributed by atoms with Crippen LogP contribution in [-0.2, 0) is 14.8 Å². The van der Waals surface area contributed by atoms with E-state index in [4.69, 9.17) is 11.6 Å². The molecule has 0 spiro atoms. The Bertz CT molecular complexity index is 1160. The van der Waals surface area contributed by atoms with Gasteiger partial charge in [0.25, 0.3) is 0 Å². The van der Waals surface area contributed by atoms with Crippen molar-refractivity contribution in [1.29, 1.82) is 0 Å². The Balaban J connectivity index is 1.43. The van der Waals surface area contributed by atoms with Crippen molar-refractivity contribution in [2.75, 3.05) is 13.1 Å². The van der Waals surface area contributed by atoms with Crippen LogP contribution in [0.4, 0.5) is 4.39 Å². The zero-order chi connectivity index (χ0) is 22.7. The SMILES string of the molecule is O=C(NC(c1ccc(F)cc1)c1cccs1)C1CCN(S(=O)(=O)c2ccc(Cl)cc2)CC1. The van der Waals surface area contributed by atoms with Crippen LogP contribution in [0.5, 0.6) is 0 Å². The van der Waals surface area contributed by atoms with Crippen LogP contribution in [0.3, 0.4) is 0 Å². The molecule has 1 aliphatic heterocycles. The lowest BCUT2D eigenvalue weighted by molar-refractivity contribution is -0.126. The van der Waals surface area contributed by atoms with Gasteiger partial charge in [-0.05, 0) is 66.2 Å². The highest BCUT2D eigenvalue weighted by molar-refractivity contribution is 7.89. The van der Waals surface area contributed by atoms with Gasteiger partial charge in [-0.25, -0.2) is 12.8 Å². The van der Waals surface area contributed by atoms with Gasteiger partial charge >= 0.3 is 0 Å². The molecule has 32 heavy (non-hydrogen) atoms. The maximum absolute atomic E-state index is 13.4. The van der Waals surface area contributed by atoms with Crippen molar-refractivity contribution in [3.8, 4) is 0 Å². The van der Waals surface area contributed by atoms with E-state index >= 15 is 0 Å². The Kier molecular flexibility index (Phi) is 6.95. The molecule has 1 aliphatic rings. The van der Waals surface area contributed by atoms with Gasteiger partial charge in [0.15, 0.2) is 0 Å². The van der Waals surface area contributed by atoms with Crippen LogP contribution in [-0.4, -0.2) is 31.7 Å². The predicted octanol–water partition coefficient (Wildman–Crippen LogP) is 4.85. The molecular formula is C23H22ClFN2O3S2. The van der Waals surface area contributed by atoms with Crippen LogP contribution < -0.4 is 5.32 Å². The summed E-state index contributed by atoms with van der Waals surface area (Å²) < 4.78 is 40.5. The van der Waals surface area contributed by atoms with Crippen molar-refractivity contribution in [2.24, 2.45) is 5.92 Å². The Morgan fingerprint density at radius 1 is 1.06 bits per heavy atom. The van der Waals surface area contributed by atoms with Gasteiger partial charge in [0.2, 0.25) is 15.9 Å². The van der Waals surface area contributed by atoms with Crippen LogP contribution in [0.1, 0.15) is 29.3 Å². The van der Waals surface area contributed by atoms with Gasteiger partial charge in [-0.3, -0.25) is 4.79 Å². The van der Waals surface area contributed by atoms with E-state index in [0.717, 1.165) is 10.4 Å². The number of piperidine rings is 1. The van der Waals surface area contributed by atoms with Crippen LogP contribution in [0.2, 0.25) is 5.02 Å². The van der Waals surface area contributed by atoms with Crippen molar-refractivity contribution in [3.05, 3.63) is 87.3 Å². The standard InChI is InChI=1S/C23H22ClFN2O3S2/c24-18-5-9-20(10-6-18)32(29,30)27-13-11-17(12-14-27)23(28)26-22(21-2-1-15-31-21)16-3-7-19(25)8-4-16/h1-10,15,17,22H,11-14H2,(H,26,28). The number of carbonyl (C=O) groups excluding carboxylic acids is 1. The lowest BCUT2D eigenvalue weighted by Gasteiger charge is -2.31. The fourth-order valence-electron chi connectivity index (χ4n) is 3.80. The van der Waals surface area contributed by atoms with Crippen molar-refractivity contribution < 1.29 is 17.6 Å². The maximum Gasteiger partial charge on any atom is 0.243 e. The zero-order valence-electron chi connectivity index (χ0n) is 17.1. The fraction of sp³-hybridized carbons (Fsp3) is 0.261. The molecular weight excluding hydrogens is 471 g/mol. The number of hydrogen-bond acceptors (Lipinski definition) is 4. The van der Waals surface area contributed by atoms with Crippen molar-refractivity contribution >= 4 is 38.9 Å². The van der Waals surface area contributed by atoms with E-state index in [1.54, 1.807) is 24.3 Å². The summed E-state index contributed by atoms with van der Waals surface area (Å²) in [5.74, 6) is -0.759. The number of rotatable bonds is 6. The molecule has 5 nitrogen and oxygen atoms in total. The lowest BCUT2D eigenvalue weighted by atomic mass is 9.96. The lowest BCUT2D eigenvalue weighted by Crippen LogP contribution is -2.43. The second kappa shape index (κ2) is 9.70. The quantitative estimate of drug-likeness (QED) is 0.535. The summed E-state index contributed by atoms with van der Waals surface area (Å²) >= 11 is 7.38. The van der Waals surface area contributed by atoms with Gasteiger partial charge < -0.3 is 5.32 Å². The third-order valence-corrected chi connectivity index (χ3v) is 8.70. The molecule has 1 unspecified atom stereocenters. The van der Waals surface area contributed by atoms with Gasteiger partial charge in [0, 0.05) is 28.9 Å². The molecule has 2 aromatic carbocycles. The van der Waals surface area contributed by atoms with Gasteiger partial charge in [-0.2, -0.15) is 4.31 Å². The van der Waals surface area contributed by atoms with Crippen molar-refractivity contribution in [3.63, 3.8) is 0 Å². The summed E-state index contributed by atoms with van der Waals surface area (Å²) in [5.41, 5.74) is 0.796. The van der Waals surface area contributed by atoms with E-state index in [0.29, 0.717) is 17.9 Å². The molecule has 3 aromatic rings. The first kappa shape index (κ1) is 22.9. The number of benzene rings is 2. The van der Waals surface area contributed by atoms with E-state index in [1.165, 1.54) is 39.9 Å². The van der Waals surface area contributed by atoms with Crippen LogP contribution in [0.25, 0.3) is 0 Å². The summed E-state index contributed by atoms with van der Waals surface area (Å²) in [6.45, 7) is 0.534. The number of sulfonamides is 1. The minimum absolute atomic E-state index is 0.128. The molecule has 2 heterocycles. The third-order valence-electron chi connectivity index (χ3n) is 5.59. The summed E-state index contributed by atoms with van der Waals surface area (Å²) in [6.07, 6.45) is 0.860. The molecule has 1 amide bonds. The first-order valence-electron chi connectivity index (χ1n) is 10.2. The average Bonchev–Trinajstić information content (AvgIpc) is 3.33. The van der Waals surface area contributed by atoms with E-state index in [2.05, 4.69) is 5.32 Å². The molecule has 168 valence electrons. The van der Waals surface area contributed by atoms with Crippen LogP contribution >= 0.6 is 22.9 Å². The van der Waals surface area contributed by atoms with Crippen molar-refractivity contribution in [1.82, 2.24) is 9.62 Å². The van der Waals surface area contributed by atoms with Crippen LogP contribution in [0.15, 0.2) is 70.9 Å². The summed E-state index contributed by atoms with van der Waals surface area (Å²) in [6, 6.07) is 15.6. The first-order valence-corrected chi connectivity index (χ1v) is 12.9. The first-order chi connectivity index (χ1) is 15.3. The van der Waals surface area contributed by atoms with Gasteiger partial charge in [-0.1, -0.05) is 29.8 Å². The molecule has 1 atom stereocenters. The number of amides is 1. The molecule has 0 radical (unpaired) electrons. The predicted molar refractivity (Wildman–Crippen MR) is 124 cm³/mol. The zero-order valence-corrected chi connectivity index (χ0v) is 19.5. The minimum atomic E-state index is -3.62. The monoisotopic (exact) mass is 492 g/mol. The molecule has 4 rings (SSSR count). The second-order valence-corrected chi connectivity index (χ2v) is 11.0. The highest BCUT2D eigenvalue weighted by Crippen LogP contribution is 2.29. The number of halogens is 2. The number of thiophene rings is 1. The van der Waals surface area contributed by atoms with Crippen molar-refractivity contribution in [2.45, 2.75) is 23.8 Å². The molecule has 1 aromatic heterocycles. The molecule has 1 saturated heterocycles. The molecule has 0 saturated carbocycles. The number of nitrogens with zero attached hydrogens (tertiary/aromatic N) is 1. The number of nitrogens with one attached hydrogen (secondary N) is 1. The fourth-order valence-corrected chi connectivity index (χ4v) is 6.20. The largest absolute Gasteiger partial charge is 0.344 e. The normalized spacial score (nSPS) is 16.6. The summed E-state index contributed by atoms with van der Waals surface area (Å²) in [4.78, 5) is 14.2. The topological polar surface area (TPSA) is 66.5 Å². The van der Waals surface area contributed by atoms with Crippen LogP contribution in [0, 0.1) is 11.7 Å². The second-order valence-electron chi connectivity index (χ2n) is 7.64. The van der Waals surface area contributed by atoms with E-state index in [1.807, 2.05) is 17.5 Å². The minimum Gasteiger partial charge on any atom is -0.344 e. The summed E-state index contributed by atoms with van der Waals surface area (Å²) in [5, 5.41) is 5.48. The molecule has 1 fully saturated rings. The Labute approximate surface area is 195 Å². The highest BCUT2D eigenvalue weighted by atomic mass is 35.5. The third kappa shape index (κ3) is 5.04. The van der Waals surface area contributed by atoms with Gasteiger partial charge in [0.1, 0.15) is 5.82 Å². The van der Waals surface area contributed by atoms with Gasteiger partial charge in [-0.15, -0.1) is 11.3 Å². The number of carbonyl (C=O) groups is 1. The Morgan fingerprint density at radius 3 is 2.31 bits per heavy atom. The summed E-state index contributed by atoms with van der Waals surface area (Å²) in [7, 11) is -3.62. The Hall–Kier alpha value is -2.26. The number of hydrogen-bond donors (Lipinski definition) is 1. The van der Waals surface area contributed by atoms with E-state index in [9.17, 15) is 17.6 Å². The Morgan fingerprint density at radius 2 is 1.72 bits per heavy atom. The molecule has 9 heteroatoms. The average molecular weight is 493 g/mol. The maximum atomic E-state index is 13.4. The highest BCUT2D eigenvalue weighted by Gasteiger charge is 2.33. The van der Waals surface area contributed by atoms with E-state index in [-0.39, 0.29) is 41.7 Å². The van der Waals surface area contributed by atoms with E-state index < -0.39 is 10.0 Å². The molecule has 0 bridgehead atoms. The molecule has 1 N–H and O–H groups in total.